The molecule has 1 aromatic rings. The molecule has 1 aromatic carbocycles. The van der Waals surface area contributed by atoms with Crippen molar-refractivity contribution in [3.8, 4) is 0 Å². The zero-order chi connectivity index (χ0) is 14.7. The lowest BCUT2D eigenvalue weighted by Gasteiger charge is -2.21. The third-order valence-electron chi connectivity index (χ3n) is 3.39. The highest BCUT2D eigenvalue weighted by Gasteiger charge is 2.34. The molecule has 1 heterocycles. The average molecular weight is 278 g/mol. The Bertz CT molecular complexity index is 557. The van der Waals surface area contributed by atoms with E-state index in [9.17, 15) is 19.7 Å². The number of likely N-dealkylation sites (tertiary alicyclic amines) is 1. The molecule has 106 valence electrons. The van der Waals surface area contributed by atoms with Gasteiger partial charge in [-0.2, -0.15) is 0 Å². The van der Waals surface area contributed by atoms with E-state index in [1.54, 1.807) is 6.07 Å². The van der Waals surface area contributed by atoms with Crippen LogP contribution in [0.15, 0.2) is 24.3 Å². The lowest BCUT2D eigenvalue weighted by Crippen LogP contribution is -2.41. The Morgan fingerprint density at radius 1 is 1.40 bits per heavy atom. The van der Waals surface area contributed by atoms with Crippen LogP contribution in [0.25, 0.3) is 0 Å². The fraction of sp³-hybridized carbons (Fsp3) is 0.385. The van der Waals surface area contributed by atoms with Crippen LogP contribution >= 0.6 is 0 Å². The minimum atomic E-state index is -1.03. The van der Waals surface area contributed by atoms with Crippen molar-refractivity contribution in [1.82, 2.24) is 4.90 Å². The second-order valence-corrected chi connectivity index (χ2v) is 4.65. The van der Waals surface area contributed by atoms with Crippen LogP contribution in [0.2, 0.25) is 0 Å². The summed E-state index contributed by atoms with van der Waals surface area (Å²) in [6.45, 7) is 0.385. The van der Waals surface area contributed by atoms with E-state index in [0.717, 1.165) is 0 Å². The number of aliphatic carboxylic acids is 1. The Morgan fingerprint density at radius 3 is 2.75 bits per heavy atom. The summed E-state index contributed by atoms with van der Waals surface area (Å²) in [4.78, 5) is 34.8. The molecule has 1 amide bonds. The second kappa shape index (κ2) is 5.68. The number of carbonyl (C=O) groups excluding carboxylic acids is 1. The third kappa shape index (κ3) is 2.76. The van der Waals surface area contributed by atoms with Gasteiger partial charge in [-0.05, 0) is 12.8 Å². The third-order valence-corrected chi connectivity index (χ3v) is 3.39. The van der Waals surface area contributed by atoms with Gasteiger partial charge in [0, 0.05) is 18.2 Å². The molecular weight excluding hydrogens is 264 g/mol. The molecule has 0 aromatic heterocycles. The maximum atomic E-state index is 12.1. The number of hydrogen-bond acceptors (Lipinski definition) is 4. The predicted octanol–water partition coefficient (Wildman–Crippen LogP) is 1.21. The number of nitrogens with zero attached hydrogens (tertiary/aromatic N) is 2. The fourth-order valence-corrected chi connectivity index (χ4v) is 2.42. The largest absolute Gasteiger partial charge is 0.480 e. The zero-order valence-electron chi connectivity index (χ0n) is 10.7. The van der Waals surface area contributed by atoms with E-state index in [1.807, 2.05) is 0 Å². The topological polar surface area (TPSA) is 101 Å². The van der Waals surface area contributed by atoms with Gasteiger partial charge in [-0.25, -0.2) is 4.79 Å². The molecule has 1 aliphatic heterocycles. The molecule has 1 N–H and O–H groups in total. The quantitative estimate of drug-likeness (QED) is 0.659. The number of para-hydroxylation sites is 1. The number of carbonyl (C=O) groups is 2. The summed E-state index contributed by atoms with van der Waals surface area (Å²) in [6.07, 6.45) is 0.915. The monoisotopic (exact) mass is 278 g/mol. The molecule has 0 bridgehead atoms. The number of benzene rings is 1. The Morgan fingerprint density at radius 2 is 2.10 bits per heavy atom. The van der Waals surface area contributed by atoms with E-state index in [0.29, 0.717) is 24.9 Å². The van der Waals surface area contributed by atoms with Gasteiger partial charge in [-0.15, -0.1) is 0 Å². The Balaban J connectivity index is 2.16. The maximum absolute atomic E-state index is 12.1. The van der Waals surface area contributed by atoms with Gasteiger partial charge in [0.15, 0.2) is 0 Å². The normalized spacial score (nSPS) is 18.0. The highest BCUT2D eigenvalue weighted by Crippen LogP contribution is 2.22. The van der Waals surface area contributed by atoms with E-state index < -0.39 is 16.9 Å². The van der Waals surface area contributed by atoms with Gasteiger partial charge in [0.25, 0.3) is 5.69 Å². The molecule has 1 fully saturated rings. The smallest absolute Gasteiger partial charge is 0.326 e. The summed E-state index contributed by atoms with van der Waals surface area (Å²) < 4.78 is 0. The SMILES string of the molecule is O=C(O)C1CCCN1C(=O)Cc1ccccc1[N+](=O)[O-]. The van der Waals surface area contributed by atoms with Crippen LogP contribution in [0, 0.1) is 10.1 Å². The van der Waals surface area contributed by atoms with Gasteiger partial charge in [-0.3, -0.25) is 14.9 Å². The van der Waals surface area contributed by atoms with Crippen LogP contribution in [-0.4, -0.2) is 39.4 Å². The second-order valence-electron chi connectivity index (χ2n) is 4.65. The van der Waals surface area contributed by atoms with Crippen molar-refractivity contribution in [3.63, 3.8) is 0 Å². The minimum absolute atomic E-state index is 0.119. The Kier molecular flexibility index (Phi) is 3.97. The van der Waals surface area contributed by atoms with E-state index in [-0.39, 0.29) is 18.0 Å². The molecule has 2 rings (SSSR count). The number of hydrogen-bond donors (Lipinski definition) is 1. The van der Waals surface area contributed by atoms with Crippen molar-refractivity contribution in [2.75, 3.05) is 6.54 Å². The average Bonchev–Trinajstić information content (AvgIpc) is 2.88. The van der Waals surface area contributed by atoms with Gasteiger partial charge in [-0.1, -0.05) is 18.2 Å². The molecule has 7 nitrogen and oxygen atoms in total. The van der Waals surface area contributed by atoms with Crippen molar-refractivity contribution >= 4 is 17.6 Å². The zero-order valence-corrected chi connectivity index (χ0v) is 10.7. The van der Waals surface area contributed by atoms with Crippen LogP contribution in [0.3, 0.4) is 0 Å². The summed E-state index contributed by atoms with van der Waals surface area (Å²) >= 11 is 0. The first-order valence-corrected chi connectivity index (χ1v) is 6.25. The molecule has 0 aliphatic carbocycles. The van der Waals surface area contributed by atoms with Crippen LogP contribution in [0.5, 0.6) is 0 Å². The molecule has 1 saturated heterocycles. The number of amides is 1. The fourth-order valence-electron chi connectivity index (χ4n) is 2.42. The highest BCUT2D eigenvalue weighted by atomic mass is 16.6. The lowest BCUT2D eigenvalue weighted by atomic mass is 10.1. The maximum Gasteiger partial charge on any atom is 0.326 e. The number of nitro groups is 1. The summed E-state index contributed by atoms with van der Waals surface area (Å²) in [5.74, 6) is -1.41. The molecule has 7 heteroatoms. The first-order valence-electron chi connectivity index (χ1n) is 6.25. The van der Waals surface area contributed by atoms with E-state index in [4.69, 9.17) is 5.11 Å². The Hall–Kier alpha value is -2.44. The van der Waals surface area contributed by atoms with Crippen LogP contribution in [0.4, 0.5) is 5.69 Å². The van der Waals surface area contributed by atoms with Crippen molar-refractivity contribution in [3.05, 3.63) is 39.9 Å². The minimum Gasteiger partial charge on any atom is -0.480 e. The molecule has 0 radical (unpaired) electrons. The summed E-state index contributed by atoms with van der Waals surface area (Å²) in [5.41, 5.74) is 0.186. The first-order chi connectivity index (χ1) is 9.50. The summed E-state index contributed by atoms with van der Waals surface area (Å²) in [6, 6.07) is 5.18. The van der Waals surface area contributed by atoms with Crippen molar-refractivity contribution < 1.29 is 19.6 Å². The highest BCUT2D eigenvalue weighted by molar-refractivity contribution is 5.86. The molecule has 1 atom stereocenters. The molecule has 20 heavy (non-hydrogen) atoms. The van der Waals surface area contributed by atoms with Crippen LogP contribution in [-0.2, 0) is 16.0 Å². The molecule has 0 saturated carbocycles. The van der Waals surface area contributed by atoms with E-state index >= 15 is 0 Å². The van der Waals surface area contributed by atoms with Crippen molar-refractivity contribution in [2.45, 2.75) is 25.3 Å². The van der Waals surface area contributed by atoms with Crippen molar-refractivity contribution in [1.29, 1.82) is 0 Å². The van der Waals surface area contributed by atoms with Gasteiger partial charge in [0.1, 0.15) is 6.04 Å². The van der Waals surface area contributed by atoms with Gasteiger partial charge < -0.3 is 10.0 Å². The number of nitro benzene ring substituents is 1. The summed E-state index contributed by atoms with van der Waals surface area (Å²) in [7, 11) is 0. The molecule has 1 aliphatic rings. The molecular formula is C13H14N2O5. The van der Waals surface area contributed by atoms with Crippen molar-refractivity contribution in [2.24, 2.45) is 0 Å². The summed E-state index contributed by atoms with van der Waals surface area (Å²) in [5, 5.41) is 19.9. The molecule has 0 spiro atoms. The number of rotatable bonds is 4. The first kappa shape index (κ1) is 14.0. The van der Waals surface area contributed by atoms with Gasteiger partial charge in [0.05, 0.1) is 11.3 Å². The van der Waals surface area contributed by atoms with Crippen LogP contribution < -0.4 is 0 Å². The van der Waals surface area contributed by atoms with Crippen LogP contribution in [0.1, 0.15) is 18.4 Å². The number of carboxylic acids is 1. The van der Waals surface area contributed by atoms with E-state index in [2.05, 4.69) is 0 Å². The Labute approximate surface area is 115 Å². The number of carboxylic acid groups (broad SMARTS) is 1. The predicted molar refractivity (Wildman–Crippen MR) is 69.2 cm³/mol. The lowest BCUT2D eigenvalue weighted by molar-refractivity contribution is -0.385. The van der Waals surface area contributed by atoms with E-state index in [1.165, 1.54) is 23.1 Å². The van der Waals surface area contributed by atoms with Gasteiger partial charge >= 0.3 is 5.97 Å². The molecule has 1 unspecified atom stereocenters. The van der Waals surface area contributed by atoms with Gasteiger partial charge in [0.2, 0.25) is 5.91 Å². The standard InChI is InChI=1S/C13H14N2O5/c16-12(14-7-3-6-11(14)13(17)18)8-9-4-1-2-5-10(9)15(19)20/h1-2,4-5,11H,3,6-8H2,(H,17,18).